The van der Waals surface area contributed by atoms with Crippen LogP contribution < -0.4 is 10.1 Å². The number of para-hydroxylation sites is 1. The normalized spacial score (nSPS) is 10.4. The number of unbranched alkanes of at least 4 members (excludes halogenated alkanes) is 2. The van der Waals surface area contributed by atoms with Crippen molar-refractivity contribution in [1.82, 2.24) is 0 Å². The summed E-state index contributed by atoms with van der Waals surface area (Å²) in [5.41, 5.74) is 3.65. The summed E-state index contributed by atoms with van der Waals surface area (Å²) in [6.07, 6.45) is 6.89. The molecule has 0 spiro atoms. The van der Waals surface area contributed by atoms with Crippen molar-refractivity contribution in [1.29, 1.82) is 0 Å². The van der Waals surface area contributed by atoms with E-state index >= 15 is 0 Å². The monoisotopic (exact) mass is 341 g/mol. The number of hydrogen-bond donors (Lipinski definition) is 1. The number of ether oxygens (including phenoxy) is 1. The average Bonchev–Trinajstić information content (AvgIpc) is 2.60. The lowest BCUT2D eigenvalue weighted by atomic mass is 9.97. The Balaban J connectivity index is 2.13. The van der Waals surface area contributed by atoms with E-state index in [0.29, 0.717) is 5.17 Å². The van der Waals surface area contributed by atoms with Gasteiger partial charge in [-0.25, -0.2) is 0 Å². The number of benzene rings is 2. The molecule has 0 saturated carbocycles. The van der Waals surface area contributed by atoms with Crippen molar-refractivity contribution in [2.45, 2.75) is 52.4 Å². The molecule has 2 aromatic rings. The molecule has 0 fully saturated rings. The molecule has 0 atom stereocenters. The molecule has 0 radical (unpaired) electrons. The van der Waals surface area contributed by atoms with Crippen molar-refractivity contribution in [2.24, 2.45) is 0 Å². The molecule has 24 heavy (non-hydrogen) atoms. The molecule has 0 aromatic heterocycles. The first-order chi connectivity index (χ1) is 11.7. The van der Waals surface area contributed by atoms with Crippen LogP contribution in [-0.4, -0.2) is 5.17 Å². The second kappa shape index (κ2) is 10.1. The Morgan fingerprint density at radius 1 is 0.917 bits per heavy atom. The van der Waals surface area contributed by atoms with Crippen molar-refractivity contribution in [3.63, 3.8) is 0 Å². The fourth-order valence-corrected chi connectivity index (χ4v) is 2.92. The SMILES string of the molecule is CCCCc1cccc(OC(=S)Nc2ccccc2)c1CCCC. The van der Waals surface area contributed by atoms with Crippen LogP contribution in [0.4, 0.5) is 5.69 Å². The number of rotatable bonds is 8. The lowest BCUT2D eigenvalue weighted by molar-refractivity contribution is 0.549. The Labute approximate surface area is 151 Å². The van der Waals surface area contributed by atoms with Crippen LogP contribution in [0, 0.1) is 0 Å². The van der Waals surface area contributed by atoms with Gasteiger partial charge >= 0.3 is 0 Å². The van der Waals surface area contributed by atoms with Crippen LogP contribution in [0.3, 0.4) is 0 Å². The topological polar surface area (TPSA) is 21.3 Å². The molecule has 0 bridgehead atoms. The first-order valence-electron chi connectivity index (χ1n) is 8.89. The van der Waals surface area contributed by atoms with Crippen molar-refractivity contribution in [3.8, 4) is 5.75 Å². The van der Waals surface area contributed by atoms with Gasteiger partial charge in [0.15, 0.2) is 0 Å². The molecule has 0 aliphatic carbocycles. The predicted molar refractivity (Wildman–Crippen MR) is 107 cm³/mol. The van der Waals surface area contributed by atoms with E-state index in [9.17, 15) is 0 Å². The zero-order valence-electron chi connectivity index (χ0n) is 14.7. The van der Waals surface area contributed by atoms with E-state index < -0.39 is 0 Å². The fraction of sp³-hybridized carbons (Fsp3) is 0.381. The Hall–Kier alpha value is -1.87. The Kier molecular flexibility index (Phi) is 7.76. The molecule has 0 amide bonds. The van der Waals surface area contributed by atoms with Crippen molar-refractivity contribution < 1.29 is 4.74 Å². The van der Waals surface area contributed by atoms with Gasteiger partial charge in [-0.05, 0) is 67.2 Å². The van der Waals surface area contributed by atoms with E-state index in [4.69, 9.17) is 17.0 Å². The highest BCUT2D eigenvalue weighted by atomic mass is 32.1. The molecule has 2 rings (SSSR count). The maximum Gasteiger partial charge on any atom is 0.266 e. The van der Waals surface area contributed by atoms with Gasteiger partial charge in [-0.3, -0.25) is 0 Å². The summed E-state index contributed by atoms with van der Waals surface area (Å²) in [6.45, 7) is 4.45. The molecule has 128 valence electrons. The summed E-state index contributed by atoms with van der Waals surface area (Å²) in [5, 5.41) is 3.54. The Morgan fingerprint density at radius 2 is 1.62 bits per heavy atom. The molecule has 2 nitrogen and oxygen atoms in total. The highest BCUT2D eigenvalue weighted by molar-refractivity contribution is 7.80. The molecule has 2 aromatic carbocycles. The van der Waals surface area contributed by atoms with Gasteiger partial charge in [-0.1, -0.05) is 57.0 Å². The molecule has 3 heteroatoms. The van der Waals surface area contributed by atoms with Gasteiger partial charge in [-0.2, -0.15) is 0 Å². The first-order valence-corrected chi connectivity index (χ1v) is 9.30. The lowest BCUT2D eigenvalue weighted by Gasteiger charge is -2.16. The minimum absolute atomic E-state index is 0.395. The number of nitrogens with one attached hydrogen (secondary N) is 1. The summed E-state index contributed by atoms with van der Waals surface area (Å²) in [7, 11) is 0. The van der Waals surface area contributed by atoms with Gasteiger partial charge in [0.2, 0.25) is 0 Å². The molecule has 0 heterocycles. The summed E-state index contributed by atoms with van der Waals surface area (Å²) in [4.78, 5) is 0. The van der Waals surface area contributed by atoms with Gasteiger partial charge in [-0.15, -0.1) is 0 Å². The second-order valence-electron chi connectivity index (χ2n) is 5.98. The highest BCUT2D eigenvalue weighted by Crippen LogP contribution is 2.26. The summed E-state index contributed by atoms with van der Waals surface area (Å²) in [5.74, 6) is 0.894. The van der Waals surface area contributed by atoms with Crippen LogP contribution in [0.15, 0.2) is 48.5 Å². The summed E-state index contributed by atoms with van der Waals surface area (Å²) in [6, 6.07) is 16.2. The van der Waals surface area contributed by atoms with Gasteiger partial charge in [0.1, 0.15) is 5.75 Å². The zero-order valence-corrected chi connectivity index (χ0v) is 15.5. The van der Waals surface area contributed by atoms with Gasteiger partial charge in [0, 0.05) is 5.69 Å². The first kappa shape index (κ1) is 18.5. The maximum absolute atomic E-state index is 5.99. The summed E-state index contributed by atoms with van der Waals surface area (Å²) >= 11 is 5.39. The molecule has 0 aliphatic heterocycles. The largest absolute Gasteiger partial charge is 0.431 e. The predicted octanol–water partition coefficient (Wildman–Crippen LogP) is 6.15. The number of anilines is 1. The molecule has 1 N–H and O–H groups in total. The number of aryl methyl sites for hydroxylation is 1. The molecule has 0 aliphatic rings. The van der Waals surface area contributed by atoms with Gasteiger partial charge in [0.25, 0.3) is 5.17 Å². The Bertz CT molecular complexity index is 640. The van der Waals surface area contributed by atoms with E-state index in [1.807, 2.05) is 36.4 Å². The number of thiocarbonyl (C=S) groups is 1. The maximum atomic E-state index is 5.99. The smallest absolute Gasteiger partial charge is 0.266 e. The zero-order chi connectivity index (χ0) is 17.2. The van der Waals surface area contributed by atoms with Crippen molar-refractivity contribution >= 4 is 23.1 Å². The van der Waals surface area contributed by atoms with Crippen LogP contribution in [-0.2, 0) is 12.8 Å². The minimum atomic E-state index is 0.395. The van der Waals surface area contributed by atoms with Gasteiger partial charge in [0.05, 0.1) is 0 Å². The van der Waals surface area contributed by atoms with Gasteiger partial charge < -0.3 is 10.1 Å². The van der Waals surface area contributed by atoms with E-state index in [0.717, 1.165) is 24.3 Å². The van der Waals surface area contributed by atoms with E-state index in [-0.39, 0.29) is 0 Å². The van der Waals surface area contributed by atoms with Crippen LogP contribution in [0.5, 0.6) is 5.75 Å². The third-order valence-electron chi connectivity index (χ3n) is 4.03. The number of hydrogen-bond acceptors (Lipinski definition) is 2. The molecule has 0 saturated heterocycles. The lowest BCUT2D eigenvalue weighted by Crippen LogP contribution is -2.17. The van der Waals surface area contributed by atoms with Crippen molar-refractivity contribution in [2.75, 3.05) is 5.32 Å². The third-order valence-corrected chi connectivity index (χ3v) is 4.22. The van der Waals surface area contributed by atoms with E-state index in [2.05, 4.69) is 31.3 Å². The minimum Gasteiger partial charge on any atom is -0.431 e. The van der Waals surface area contributed by atoms with E-state index in [1.165, 1.54) is 36.8 Å². The second-order valence-corrected chi connectivity index (χ2v) is 6.35. The Morgan fingerprint density at radius 3 is 2.33 bits per heavy atom. The highest BCUT2D eigenvalue weighted by Gasteiger charge is 2.11. The fourth-order valence-electron chi connectivity index (χ4n) is 2.71. The summed E-state index contributed by atoms with van der Waals surface area (Å²) < 4.78 is 5.99. The van der Waals surface area contributed by atoms with Crippen LogP contribution in [0.1, 0.15) is 50.7 Å². The molecular weight excluding hydrogens is 314 g/mol. The standard InChI is InChI=1S/C21H27NOS/c1-3-5-11-17-12-10-16-20(19(17)15-6-4-2)23-21(24)22-18-13-8-7-9-14-18/h7-10,12-14,16H,3-6,11,15H2,1-2H3,(H,22,24). The van der Waals surface area contributed by atoms with Crippen LogP contribution in [0.2, 0.25) is 0 Å². The van der Waals surface area contributed by atoms with Crippen molar-refractivity contribution in [3.05, 3.63) is 59.7 Å². The quantitative estimate of drug-likeness (QED) is 0.582. The van der Waals surface area contributed by atoms with Crippen LogP contribution >= 0.6 is 12.2 Å². The van der Waals surface area contributed by atoms with E-state index in [1.54, 1.807) is 0 Å². The molecular formula is C21H27NOS. The average molecular weight is 342 g/mol. The molecule has 0 unspecified atom stereocenters. The third kappa shape index (κ3) is 5.64. The van der Waals surface area contributed by atoms with Crippen LogP contribution in [0.25, 0.3) is 0 Å².